The lowest BCUT2D eigenvalue weighted by molar-refractivity contribution is -0.274. The van der Waals surface area contributed by atoms with Crippen molar-refractivity contribution in [2.45, 2.75) is 32.0 Å². The van der Waals surface area contributed by atoms with Gasteiger partial charge >= 0.3 is 6.36 Å². The number of hydrogen-bond donors (Lipinski definition) is 0. The summed E-state index contributed by atoms with van der Waals surface area (Å²) in [6.07, 6.45) is -0.925. The molecule has 0 unspecified atom stereocenters. The molecule has 0 N–H and O–H groups in total. The molecular formula is C29H28F3NO5. The number of nitrogens with zero attached hydrogens (tertiary/aromatic N) is 1. The second-order valence-electron chi connectivity index (χ2n) is 9.41. The third-order valence-corrected chi connectivity index (χ3v) is 6.86. The summed E-state index contributed by atoms with van der Waals surface area (Å²) in [5.41, 5.74) is 2.29. The Bertz CT molecular complexity index is 1270. The second kappa shape index (κ2) is 11.2. The number of fused-ring (bicyclic) bond motifs is 1. The molecule has 0 aliphatic carbocycles. The number of aryl methyl sites for hydroxylation is 1. The zero-order valence-corrected chi connectivity index (χ0v) is 20.7. The third kappa shape index (κ3) is 6.51. The third-order valence-electron chi connectivity index (χ3n) is 6.86. The van der Waals surface area contributed by atoms with Gasteiger partial charge in [-0.05, 0) is 73.1 Å². The van der Waals surface area contributed by atoms with Crippen LogP contribution in [-0.2, 0) is 11.2 Å². The number of alkyl halides is 3. The molecule has 3 aromatic rings. The molecule has 0 bridgehead atoms. The van der Waals surface area contributed by atoms with E-state index in [1.807, 2.05) is 17.0 Å². The highest BCUT2D eigenvalue weighted by molar-refractivity contribution is 5.78. The van der Waals surface area contributed by atoms with Gasteiger partial charge in [-0.2, -0.15) is 0 Å². The predicted octanol–water partition coefficient (Wildman–Crippen LogP) is 6.23. The summed E-state index contributed by atoms with van der Waals surface area (Å²) in [4.78, 5) is 14.7. The van der Waals surface area contributed by atoms with Gasteiger partial charge in [0.2, 0.25) is 6.79 Å². The van der Waals surface area contributed by atoms with Crippen molar-refractivity contribution in [1.82, 2.24) is 4.90 Å². The number of likely N-dealkylation sites (tertiary alicyclic amines) is 1. The first-order chi connectivity index (χ1) is 18.3. The van der Waals surface area contributed by atoms with Crippen molar-refractivity contribution in [3.63, 3.8) is 0 Å². The molecular weight excluding hydrogens is 499 g/mol. The van der Waals surface area contributed by atoms with Crippen LogP contribution in [0, 0.1) is 5.92 Å². The molecule has 1 fully saturated rings. The van der Waals surface area contributed by atoms with Crippen LogP contribution in [0.3, 0.4) is 0 Å². The Kier molecular flexibility index (Phi) is 7.62. The molecule has 2 heterocycles. The van der Waals surface area contributed by atoms with Gasteiger partial charge in [0.25, 0.3) is 5.91 Å². The maximum Gasteiger partial charge on any atom is 0.573 e. The van der Waals surface area contributed by atoms with Crippen molar-refractivity contribution >= 4 is 5.91 Å². The highest BCUT2D eigenvalue weighted by Crippen LogP contribution is 2.35. The normalized spacial score (nSPS) is 15.4. The van der Waals surface area contributed by atoms with Crippen molar-refractivity contribution in [2.75, 3.05) is 26.5 Å². The summed E-state index contributed by atoms with van der Waals surface area (Å²) in [5, 5.41) is 0. The van der Waals surface area contributed by atoms with E-state index in [2.05, 4.69) is 10.8 Å². The van der Waals surface area contributed by atoms with Crippen molar-refractivity contribution in [2.24, 2.45) is 5.92 Å². The molecule has 2 aliphatic rings. The number of amides is 1. The minimum absolute atomic E-state index is 0.108. The zero-order chi connectivity index (χ0) is 26.5. The first-order valence-corrected chi connectivity index (χ1v) is 12.6. The molecule has 5 rings (SSSR count). The highest BCUT2D eigenvalue weighted by atomic mass is 19.4. The molecule has 1 amide bonds. The van der Waals surface area contributed by atoms with Gasteiger partial charge in [-0.15, -0.1) is 13.2 Å². The number of hydrogen-bond acceptors (Lipinski definition) is 5. The lowest BCUT2D eigenvalue weighted by Gasteiger charge is -2.32. The lowest BCUT2D eigenvalue weighted by atomic mass is 9.90. The number of para-hydroxylation sites is 1. The van der Waals surface area contributed by atoms with Crippen LogP contribution in [0.4, 0.5) is 13.2 Å². The van der Waals surface area contributed by atoms with Crippen LogP contribution in [0.2, 0.25) is 0 Å². The van der Waals surface area contributed by atoms with E-state index in [1.54, 1.807) is 30.3 Å². The summed E-state index contributed by atoms with van der Waals surface area (Å²) in [6.45, 7) is 1.47. The van der Waals surface area contributed by atoms with Gasteiger partial charge in [0.1, 0.15) is 11.5 Å². The van der Waals surface area contributed by atoms with Gasteiger partial charge < -0.3 is 23.8 Å². The summed E-state index contributed by atoms with van der Waals surface area (Å²) in [5.74, 6) is 2.12. The molecule has 6 nitrogen and oxygen atoms in total. The van der Waals surface area contributed by atoms with Crippen molar-refractivity contribution < 1.29 is 36.9 Å². The molecule has 2 aliphatic heterocycles. The van der Waals surface area contributed by atoms with Crippen LogP contribution in [0.5, 0.6) is 23.0 Å². The van der Waals surface area contributed by atoms with Crippen molar-refractivity contribution in [1.29, 1.82) is 0 Å². The van der Waals surface area contributed by atoms with Gasteiger partial charge in [-0.1, -0.05) is 36.4 Å². The van der Waals surface area contributed by atoms with Crippen LogP contribution in [-0.4, -0.2) is 43.7 Å². The fourth-order valence-corrected chi connectivity index (χ4v) is 4.86. The Balaban J connectivity index is 1.12. The molecule has 0 atom stereocenters. The smallest absolute Gasteiger partial charge is 0.483 e. The lowest BCUT2D eigenvalue weighted by Crippen LogP contribution is -2.41. The van der Waals surface area contributed by atoms with Crippen molar-refractivity contribution in [3.8, 4) is 34.1 Å². The van der Waals surface area contributed by atoms with Gasteiger partial charge in [-0.3, -0.25) is 4.79 Å². The van der Waals surface area contributed by atoms with Gasteiger partial charge in [0.05, 0.1) is 0 Å². The topological polar surface area (TPSA) is 57.2 Å². The number of carbonyl (C=O) groups excluding carboxylic acids is 1. The summed E-state index contributed by atoms with van der Waals surface area (Å²) >= 11 is 0. The van der Waals surface area contributed by atoms with E-state index in [-0.39, 0.29) is 25.1 Å². The Morgan fingerprint density at radius 1 is 0.947 bits per heavy atom. The van der Waals surface area contributed by atoms with Gasteiger partial charge in [0.15, 0.2) is 18.1 Å². The van der Waals surface area contributed by atoms with Gasteiger partial charge in [-0.25, -0.2) is 0 Å². The van der Waals surface area contributed by atoms with Crippen LogP contribution in [0.25, 0.3) is 11.1 Å². The van der Waals surface area contributed by atoms with E-state index >= 15 is 0 Å². The average Bonchev–Trinajstić information content (AvgIpc) is 3.38. The van der Waals surface area contributed by atoms with E-state index in [9.17, 15) is 18.0 Å². The van der Waals surface area contributed by atoms with Crippen LogP contribution in [0.15, 0.2) is 66.7 Å². The number of benzene rings is 3. The Morgan fingerprint density at radius 2 is 1.74 bits per heavy atom. The minimum atomic E-state index is -4.78. The number of rotatable bonds is 8. The highest BCUT2D eigenvalue weighted by Gasteiger charge is 2.31. The SMILES string of the molecule is O=C(COc1ccccc1-c1cccc(OC(F)(F)F)c1)N1CCC(CCc2ccc3c(c2)OCO3)CC1. The molecule has 38 heavy (non-hydrogen) atoms. The predicted molar refractivity (Wildman–Crippen MR) is 134 cm³/mol. The second-order valence-corrected chi connectivity index (χ2v) is 9.41. The standard InChI is InChI=1S/C29H28F3NO5/c30-29(31,32)38-23-5-3-4-22(17-23)24-6-1-2-7-25(24)35-18-28(34)33-14-12-20(13-15-33)8-9-21-10-11-26-27(16-21)37-19-36-26/h1-7,10-11,16-17,20H,8-9,12-15,18-19H2. The van der Waals surface area contributed by atoms with Crippen LogP contribution < -0.4 is 18.9 Å². The maximum absolute atomic E-state index is 12.9. The van der Waals surface area contributed by atoms with Crippen LogP contribution >= 0.6 is 0 Å². The molecule has 200 valence electrons. The Hall–Kier alpha value is -3.88. The molecule has 1 saturated heterocycles. The number of piperidine rings is 1. The number of ether oxygens (including phenoxy) is 4. The fraction of sp³-hybridized carbons (Fsp3) is 0.345. The van der Waals surface area contributed by atoms with E-state index in [0.717, 1.165) is 37.2 Å². The largest absolute Gasteiger partial charge is 0.573 e. The van der Waals surface area contributed by atoms with E-state index in [0.29, 0.717) is 35.9 Å². The number of halogens is 3. The van der Waals surface area contributed by atoms with Gasteiger partial charge in [0, 0.05) is 18.7 Å². The Morgan fingerprint density at radius 3 is 2.55 bits per heavy atom. The fourth-order valence-electron chi connectivity index (χ4n) is 4.86. The summed E-state index contributed by atoms with van der Waals surface area (Å²) in [7, 11) is 0. The van der Waals surface area contributed by atoms with E-state index in [1.165, 1.54) is 23.8 Å². The first kappa shape index (κ1) is 25.8. The summed E-state index contributed by atoms with van der Waals surface area (Å²) < 4.78 is 58.6. The average molecular weight is 528 g/mol. The molecule has 9 heteroatoms. The summed E-state index contributed by atoms with van der Waals surface area (Å²) in [6, 6.07) is 18.7. The molecule has 3 aromatic carbocycles. The number of carbonyl (C=O) groups is 1. The van der Waals surface area contributed by atoms with E-state index in [4.69, 9.17) is 14.2 Å². The molecule has 0 radical (unpaired) electrons. The maximum atomic E-state index is 12.9. The molecule has 0 spiro atoms. The van der Waals surface area contributed by atoms with Crippen LogP contribution in [0.1, 0.15) is 24.8 Å². The quantitative estimate of drug-likeness (QED) is 0.348. The van der Waals surface area contributed by atoms with E-state index < -0.39 is 6.36 Å². The molecule has 0 saturated carbocycles. The monoisotopic (exact) mass is 527 g/mol. The minimum Gasteiger partial charge on any atom is -0.483 e. The zero-order valence-electron chi connectivity index (χ0n) is 20.7. The Labute approximate surface area is 218 Å². The molecule has 0 aromatic heterocycles. The van der Waals surface area contributed by atoms with Crippen molar-refractivity contribution in [3.05, 3.63) is 72.3 Å². The first-order valence-electron chi connectivity index (χ1n) is 12.6.